The molecule has 208 valence electrons. The lowest BCUT2D eigenvalue weighted by molar-refractivity contribution is -0.687. The van der Waals surface area contributed by atoms with Crippen molar-refractivity contribution in [2.75, 3.05) is 18.6 Å². The molecule has 1 unspecified atom stereocenters. The third-order valence-corrected chi connectivity index (χ3v) is 9.11. The van der Waals surface area contributed by atoms with Crippen LogP contribution in [0.15, 0.2) is 63.4 Å². The summed E-state index contributed by atoms with van der Waals surface area (Å²) in [6.45, 7) is 0.101. The number of thioether (sulfide) groups is 1. The van der Waals surface area contributed by atoms with Crippen molar-refractivity contribution in [1.82, 2.24) is 15.2 Å². The summed E-state index contributed by atoms with van der Waals surface area (Å²) < 4.78 is 34.5. The predicted molar refractivity (Wildman–Crippen MR) is 144 cm³/mol. The van der Waals surface area contributed by atoms with E-state index in [0.717, 1.165) is 16.2 Å². The van der Waals surface area contributed by atoms with Crippen LogP contribution >= 0.6 is 23.1 Å². The largest absolute Gasteiger partial charge is 0.477 e. The van der Waals surface area contributed by atoms with Gasteiger partial charge < -0.3 is 21.0 Å². The molecule has 14 nitrogen and oxygen atoms in total. The molecule has 0 saturated carbocycles. The van der Waals surface area contributed by atoms with E-state index >= 15 is 0 Å². The van der Waals surface area contributed by atoms with Gasteiger partial charge in [-0.25, -0.2) is 14.3 Å². The van der Waals surface area contributed by atoms with Crippen molar-refractivity contribution in [3.63, 3.8) is 0 Å². The first-order valence-electron chi connectivity index (χ1n) is 11.4. The number of fused-ring (bicyclic) bond motifs is 2. The lowest BCUT2D eigenvalue weighted by Gasteiger charge is -2.49. The van der Waals surface area contributed by atoms with Crippen molar-refractivity contribution < 1.29 is 41.9 Å². The zero-order valence-electron chi connectivity index (χ0n) is 20.5. The van der Waals surface area contributed by atoms with Gasteiger partial charge in [-0.1, -0.05) is 11.2 Å². The number of nitrogens with zero attached hydrogens (tertiary/aromatic N) is 4. The topological polar surface area (TPSA) is 205 Å². The number of oxime groups is 1. The number of carbonyl (C=O) groups excluding carboxylic acids is 2. The molecule has 5 rings (SSSR count). The van der Waals surface area contributed by atoms with E-state index in [9.17, 15) is 32.5 Å². The molecule has 2 aromatic heterocycles. The first-order valence-corrected chi connectivity index (χ1v) is 14.8. The van der Waals surface area contributed by atoms with Gasteiger partial charge in [0.05, 0.1) is 0 Å². The van der Waals surface area contributed by atoms with Gasteiger partial charge in [0.2, 0.25) is 0 Å². The number of β-lactam (4-membered cyclic amide) rings is 1. The van der Waals surface area contributed by atoms with Gasteiger partial charge in [-0.3, -0.25) is 19.0 Å². The second-order valence-corrected chi connectivity index (χ2v) is 12.0. The third kappa shape index (κ3) is 4.99. The molecule has 0 bridgehead atoms. The summed E-state index contributed by atoms with van der Waals surface area (Å²) in [6.07, 6.45) is 3.18. The monoisotopic (exact) mass is 605 g/mol. The van der Waals surface area contributed by atoms with E-state index in [1.807, 2.05) is 0 Å². The number of carboxylic acids is 1. The molecule has 2 atom stereocenters. The maximum absolute atomic E-state index is 13.1. The van der Waals surface area contributed by atoms with Crippen molar-refractivity contribution in [3.05, 3.63) is 59.0 Å². The normalized spacial score (nSPS) is 19.3. The fourth-order valence-corrected chi connectivity index (χ4v) is 7.09. The fourth-order valence-electron chi connectivity index (χ4n) is 4.49. The second-order valence-electron chi connectivity index (χ2n) is 8.66. The highest BCUT2D eigenvalue weighted by Crippen LogP contribution is 2.40. The highest BCUT2D eigenvalue weighted by molar-refractivity contribution is 8.00. The van der Waals surface area contributed by atoms with E-state index < -0.39 is 39.3 Å². The van der Waals surface area contributed by atoms with Crippen LogP contribution in [0.2, 0.25) is 0 Å². The number of nitrogens with two attached hydrogens (primary N) is 1. The number of thiazole rings is 1. The lowest BCUT2D eigenvalue weighted by Crippen LogP contribution is -2.71. The molecule has 17 heteroatoms. The van der Waals surface area contributed by atoms with Gasteiger partial charge in [0.15, 0.2) is 29.8 Å². The van der Waals surface area contributed by atoms with Crippen LogP contribution in [0.5, 0.6) is 0 Å². The number of nitrogen functional groups attached to an aromatic ring is 1. The van der Waals surface area contributed by atoms with Crippen molar-refractivity contribution in [2.45, 2.75) is 22.9 Å². The molecule has 1 aromatic carbocycles. The van der Waals surface area contributed by atoms with Crippen LogP contribution in [-0.4, -0.2) is 75.7 Å². The number of carbonyl (C=O) groups is 3. The van der Waals surface area contributed by atoms with Crippen molar-refractivity contribution in [1.29, 1.82) is 0 Å². The fraction of sp³-hybridized carbons (Fsp3) is 0.217. The van der Waals surface area contributed by atoms with E-state index in [1.165, 1.54) is 42.5 Å². The van der Waals surface area contributed by atoms with E-state index in [4.69, 9.17) is 10.6 Å². The highest BCUT2D eigenvalue weighted by Gasteiger charge is 2.54. The van der Waals surface area contributed by atoms with Crippen LogP contribution in [0.25, 0.3) is 10.8 Å². The zero-order valence-corrected chi connectivity index (χ0v) is 23.0. The summed E-state index contributed by atoms with van der Waals surface area (Å²) >= 11 is 2.39. The van der Waals surface area contributed by atoms with E-state index in [1.54, 1.807) is 23.0 Å². The Labute approximate surface area is 234 Å². The Bertz CT molecular complexity index is 1730. The van der Waals surface area contributed by atoms with Gasteiger partial charge >= 0.3 is 5.97 Å². The number of rotatable bonds is 8. The minimum Gasteiger partial charge on any atom is -0.477 e. The number of amides is 2. The molecule has 1 saturated heterocycles. The molecule has 0 radical (unpaired) electrons. The lowest BCUT2D eigenvalue weighted by atomic mass is 10.0. The number of aliphatic carboxylic acids is 1. The van der Waals surface area contributed by atoms with Crippen LogP contribution in [0.1, 0.15) is 5.69 Å². The Morgan fingerprint density at radius 2 is 2.12 bits per heavy atom. The number of nitrogens with one attached hydrogen (secondary N) is 1. The number of carboxylic acid groups (broad SMARTS) is 1. The molecule has 1 fully saturated rings. The molecule has 4 heterocycles. The molecule has 0 aliphatic carbocycles. The number of hydrogen-bond acceptors (Lipinski definition) is 11. The zero-order chi connectivity index (χ0) is 28.8. The summed E-state index contributed by atoms with van der Waals surface area (Å²) in [5, 5.41) is 18.2. The number of benzene rings is 1. The van der Waals surface area contributed by atoms with Gasteiger partial charge in [0.25, 0.3) is 21.9 Å². The second kappa shape index (κ2) is 10.5. The Kier molecular flexibility index (Phi) is 7.21. The summed E-state index contributed by atoms with van der Waals surface area (Å²) in [6, 6.07) is 4.93. The molecule has 3 aromatic rings. The van der Waals surface area contributed by atoms with Crippen LogP contribution in [0, 0.1) is 0 Å². The summed E-state index contributed by atoms with van der Waals surface area (Å²) in [5.74, 6) is -2.38. The Morgan fingerprint density at radius 3 is 2.77 bits per heavy atom. The maximum Gasteiger partial charge on any atom is 0.352 e. The highest BCUT2D eigenvalue weighted by atomic mass is 32.2. The van der Waals surface area contributed by atoms with Crippen molar-refractivity contribution >= 4 is 72.6 Å². The van der Waals surface area contributed by atoms with Gasteiger partial charge in [-0.15, -0.1) is 23.1 Å². The third-order valence-electron chi connectivity index (χ3n) is 6.19. The van der Waals surface area contributed by atoms with Gasteiger partial charge in [-0.2, -0.15) is 8.42 Å². The number of anilines is 1. The summed E-state index contributed by atoms with van der Waals surface area (Å²) in [7, 11) is -3.18. The van der Waals surface area contributed by atoms with E-state index in [0.29, 0.717) is 16.3 Å². The van der Waals surface area contributed by atoms with E-state index in [2.05, 4.69) is 15.5 Å². The van der Waals surface area contributed by atoms with Crippen molar-refractivity contribution in [2.24, 2.45) is 5.16 Å². The average Bonchev–Trinajstić information content (AvgIpc) is 3.34. The van der Waals surface area contributed by atoms with Gasteiger partial charge in [0, 0.05) is 33.5 Å². The first-order chi connectivity index (χ1) is 19.0. The van der Waals surface area contributed by atoms with Crippen LogP contribution in [-0.2, 0) is 35.9 Å². The molecule has 2 aliphatic heterocycles. The molecule has 0 spiro atoms. The smallest absolute Gasteiger partial charge is 0.352 e. The first kappa shape index (κ1) is 27.5. The Balaban J connectivity index is 1.38. The van der Waals surface area contributed by atoms with Crippen LogP contribution < -0.4 is 15.6 Å². The number of aromatic nitrogens is 2. The minimum absolute atomic E-state index is 0.101. The van der Waals surface area contributed by atoms with Crippen molar-refractivity contribution in [3.8, 4) is 0 Å². The molecule has 40 heavy (non-hydrogen) atoms. The maximum atomic E-state index is 13.1. The minimum atomic E-state index is -4.44. The van der Waals surface area contributed by atoms with Crippen LogP contribution in [0.3, 0.4) is 0 Å². The summed E-state index contributed by atoms with van der Waals surface area (Å²) in [4.78, 5) is 47.9. The summed E-state index contributed by atoms with van der Waals surface area (Å²) in [5.41, 5.74) is 5.90. The van der Waals surface area contributed by atoms with Gasteiger partial charge in [-0.05, 0) is 12.1 Å². The quantitative estimate of drug-likeness (QED) is 0.0897. The number of pyridine rings is 1. The number of hydrogen-bond donors (Lipinski definition) is 4. The molecule has 2 amide bonds. The Morgan fingerprint density at radius 1 is 1.35 bits per heavy atom. The SMILES string of the molecule is CO/N=C(\C(=O)NC1C(=O)N2C(C(=O)O)=C(C[n+]3ccc4c(S(=O)(=O)O)cccc4c3)CS[C@H]12)c1csc(N)n1. The molecular formula is C23H21N6O8S3+. The van der Waals surface area contributed by atoms with E-state index in [-0.39, 0.29) is 39.4 Å². The van der Waals surface area contributed by atoms with Gasteiger partial charge in [0.1, 0.15) is 34.8 Å². The standard InChI is InChI=1S/C23H20N6O8S3/c1-37-27-16(14-10-39-23(24)25-14)19(30)26-17-20(31)29-18(22(32)33)12(9-38-21(17)29)8-28-6-5-13-11(7-28)3-2-4-15(13)40(34,35)36/h2-7,10,17,21H,8-9H2,1H3,(H4-,24,25,26,30,32,33,34,35,36)/p+1/b27-16-/t17?,21-/m1/s1. The molecule has 2 aliphatic rings. The Hall–Kier alpha value is -4.06. The molecule has 5 N–H and O–H groups in total. The van der Waals surface area contributed by atoms with Crippen LogP contribution in [0.4, 0.5) is 5.13 Å². The predicted octanol–water partition coefficient (Wildman–Crippen LogP) is 0.202. The molecular weight excluding hydrogens is 584 g/mol. The average molecular weight is 606 g/mol.